The van der Waals surface area contributed by atoms with Gasteiger partial charge in [-0.15, -0.1) is 0 Å². The molecule has 0 atom stereocenters. The molecule has 42 heavy (non-hydrogen) atoms. The third-order valence-corrected chi connectivity index (χ3v) is 15.6. The van der Waals surface area contributed by atoms with E-state index in [4.69, 9.17) is 0 Å². The van der Waals surface area contributed by atoms with Crippen molar-refractivity contribution in [3.05, 3.63) is 164 Å². The standard InChI is InChI=1S/C40H27PSe/c42-41(30-14-3-1-4-15-30,31-16-5-2-6-17-31)32-25-23-28(24-26-32)39-33-18-8-7-13-29(33)27-38-36-21-10-9-19-34(36)35-20-11-12-22-37(35)40(38)39/h1-27H. The SMILES string of the molecule is [Se]=P(c1ccccc1)(c1ccccc1)c1ccc(-c2c3ccccc3cc3c4ccccc4c4ccccc4c23)cc1. The fourth-order valence-electron chi connectivity index (χ4n) is 6.59. The third kappa shape index (κ3) is 3.93. The minimum atomic E-state index is -1.93. The van der Waals surface area contributed by atoms with E-state index < -0.39 is 5.51 Å². The van der Waals surface area contributed by atoms with Gasteiger partial charge in [0.05, 0.1) is 0 Å². The first kappa shape index (κ1) is 25.5. The van der Waals surface area contributed by atoms with Crippen LogP contribution in [0.15, 0.2) is 164 Å². The number of fused-ring (bicyclic) bond motifs is 7. The van der Waals surface area contributed by atoms with Crippen molar-refractivity contribution in [2.75, 3.05) is 0 Å². The molecule has 0 aromatic heterocycles. The van der Waals surface area contributed by atoms with Crippen LogP contribution in [0.25, 0.3) is 54.2 Å². The molecule has 0 unspecified atom stereocenters. The van der Waals surface area contributed by atoms with Crippen LogP contribution in [-0.2, 0) is 0 Å². The average Bonchev–Trinajstić information content (AvgIpc) is 3.08. The average molecular weight is 618 g/mol. The second kappa shape index (κ2) is 10.2. The summed E-state index contributed by atoms with van der Waals surface area (Å²) in [6.07, 6.45) is 0. The van der Waals surface area contributed by atoms with Crippen LogP contribution in [0.4, 0.5) is 0 Å². The van der Waals surface area contributed by atoms with E-state index in [1.165, 1.54) is 70.1 Å². The van der Waals surface area contributed by atoms with E-state index in [9.17, 15) is 0 Å². The molecule has 0 bridgehead atoms. The summed E-state index contributed by atoms with van der Waals surface area (Å²) in [4.78, 5) is 0. The predicted octanol–water partition coefficient (Wildman–Crippen LogP) is 9.34. The van der Waals surface area contributed by atoms with Crippen LogP contribution in [0.5, 0.6) is 0 Å². The molecule has 0 saturated carbocycles. The molecule has 0 aliphatic rings. The summed E-state index contributed by atoms with van der Waals surface area (Å²) in [5.74, 6) is 0. The molecule has 0 spiro atoms. The molecule has 0 aliphatic carbocycles. The third-order valence-electron chi connectivity index (χ3n) is 8.51. The number of benzene rings is 8. The molecule has 0 heterocycles. The van der Waals surface area contributed by atoms with Crippen molar-refractivity contribution in [2.45, 2.75) is 0 Å². The van der Waals surface area contributed by atoms with E-state index in [0.717, 1.165) is 0 Å². The quantitative estimate of drug-likeness (QED) is 0.0799. The van der Waals surface area contributed by atoms with Crippen LogP contribution in [0, 0.1) is 0 Å². The molecule has 2 heteroatoms. The van der Waals surface area contributed by atoms with Gasteiger partial charge in [-0.1, -0.05) is 0 Å². The van der Waals surface area contributed by atoms with E-state index in [1.54, 1.807) is 0 Å². The molecule has 8 rings (SSSR count). The van der Waals surface area contributed by atoms with Gasteiger partial charge < -0.3 is 0 Å². The molecular formula is C40H27PSe. The van der Waals surface area contributed by atoms with Gasteiger partial charge in [-0.05, 0) is 0 Å². The second-order valence-electron chi connectivity index (χ2n) is 10.8. The van der Waals surface area contributed by atoms with Crippen molar-refractivity contribution in [1.29, 1.82) is 0 Å². The van der Waals surface area contributed by atoms with Crippen molar-refractivity contribution in [1.82, 2.24) is 0 Å². The zero-order chi connectivity index (χ0) is 28.1. The Labute approximate surface area is 253 Å². The van der Waals surface area contributed by atoms with Gasteiger partial charge in [0, 0.05) is 0 Å². The Morgan fingerprint density at radius 3 is 1.38 bits per heavy atom. The summed E-state index contributed by atoms with van der Waals surface area (Å²) >= 11 is 3.71. The second-order valence-corrected chi connectivity index (χ2v) is 17.0. The van der Waals surface area contributed by atoms with Gasteiger partial charge in [-0.25, -0.2) is 0 Å². The Bertz CT molecular complexity index is 2260. The Morgan fingerprint density at radius 1 is 0.357 bits per heavy atom. The molecule has 8 aromatic carbocycles. The van der Waals surface area contributed by atoms with Crippen molar-refractivity contribution in [3.8, 4) is 11.1 Å². The van der Waals surface area contributed by atoms with Crippen molar-refractivity contribution >= 4 is 79.6 Å². The summed E-state index contributed by atoms with van der Waals surface area (Å²) < 4.78 is 0. The Balaban J connectivity index is 1.44. The van der Waals surface area contributed by atoms with Crippen LogP contribution in [0.3, 0.4) is 0 Å². The Kier molecular flexibility index (Phi) is 6.20. The normalized spacial score (nSPS) is 11.9. The number of hydrogen-bond acceptors (Lipinski definition) is 0. The molecular weight excluding hydrogens is 590 g/mol. The van der Waals surface area contributed by atoms with Gasteiger partial charge in [0.25, 0.3) is 0 Å². The maximum atomic E-state index is 3.71. The maximum absolute atomic E-state index is 3.71. The van der Waals surface area contributed by atoms with Gasteiger partial charge in [0.15, 0.2) is 0 Å². The summed E-state index contributed by atoms with van der Waals surface area (Å²) in [5.41, 5.74) is 0.619. The van der Waals surface area contributed by atoms with Crippen LogP contribution >= 0.6 is 5.51 Å². The molecule has 8 aromatic rings. The first-order valence-corrected chi connectivity index (χ1v) is 18.3. The fourth-order valence-corrected chi connectivity index (χ4v) is 11.5. The topological polar surface area (TPSA) is 0 Å². The summed E-state index contributed by atoms with van der Waals surface area (Å²) in [6.45, 7) is 0. The van der Waals surface area contributed by atoms with Gasteiger partial charge in [0.2, 0.25) is 0 Å². The minimum absolute atomic E-state index is 1.24. The van der Waals surface area contributed by atoms with Gasteiger partial charge in [-0.3, -0.25) is 0 Å². The first-order chi connectivity index (χ1) is 20.7. The number of hydrogen-bond donors (Lipinski definition) is 0. The molecule has 198 valence electrons. The Morgan fingerprint density at radius 2 is 0.786 bits per heavy atom. The predicted molar refractivity (Wildman–Crippen MR) is 186 cm³/mol. The van der Waals surface area contributed by atoms with Crippen LogP contribution < -0.4 is 15.9 Å². The molecule has 0 aliphatic heterocycles. The molecule has 0 amide bonds. The van der Waals surface area contributed by atoms with Crippen molar-refractivity contribution in [2.24, 2.45) is 0 Å². The van der Waals surface area contributed by atoms with E-state index in [2.05, 4.69) is 179 Å². The van der Waals surface area contributed by atoms with Crippen LogP contribution in [0.1, 0.15) is 0 Å². The monoisotopic (exact) mass is 618 g/mol. The molecule has 0 nitrogen and oxygen atoms in total. The molecule has 0 N–H and O–H groups in total. The summed E-state index contributed by atoms with van der Waals surface area (Å²) in [6, 6.07) is 60.2. The van der Waals surface area contributed by atoms with E-state index in [1.807, 2.05) is 0 Å². The fraction of sp³-hybridized carbons (Fsp3) is 0. The zero-order valence-corrected chi connectivity index (χ0v) is 25.6. The van der Waals surface area contributed by atoms with Crippen molar-refractivity contribution < 1.29 is 0 Å². The Hall–Kier alpha value is -4.25. The zero-order valence-electron chi connectivity index (χ0n) is 22.9. The number of rotatable bonds is 4. The first-order valence-electron chi connectivity index (χ1n) is 14.3. The summed E-state index contributed by atoms with van der Waals surface area (Å²) in [7, 11) is 0. The van der Waals surface area contributed by atoms with Gasteiger partial charge >= 0.3 is 255 Å². The van der Waals surface area contributed by atoms with Crippen LogP contribution in [0.2, 0.25) is 0 Å². The van der Waals surface area contributed by atoms with Gasteiger partial charge in [-0.2, -0.15) is 0 Å². The summed E-state index contributed by atoms with van der Waals surface area (Å²) in [5, 5.41) is 14.4. The molecule has 0 radical (unpaired) electrons. The van der Waals surface area contributed by atoms with Gasteiger partial charge in [0.1, 0.15) is 0 Å². The van der Waals surface area contributed by atoms with Crippen LogP contribution in [-0.4, -0.2) is 15.1 Å². The molecule has 0 fully saturated rings. The van der Waals surface area contributed by atoms with E-state index >= 15 is 0 Å². The van der Waals surface area contributed by atoms with E-state index in [-0.39, 0.29) is 0 Å². The molecule has 0 saturated heterocycles. The van der Waals surface area contributed by atoms with Crippen molar-refractivity contribution in [3.63, 3.8) is 0 Å². The van der Waals surface area contributed by atoms with E-state index in [0.29, 0.717) is 0 Å².